The fourth-order valence-electron chi connectivity index (χ4n) is 4.70. The number of anilines is 1. The van der Waals surface area contributed by atoms with Crippen LogP contribution in [0, 0.1) is 0 Å². The van der Waals surface area contributed by atoms with E-state index in [1.54, 1.807) is 0 Å². The average molecular weight is 445 g/mol. The van der Waals surface area contributed by atoms with Gasteiger partial charge >= 0.3 is 0 Å². The second-order valence-corrected chi connectivity index (χ2v) is 10.1. The van der Waals surface area contributed by atoms with Gasteiger partial charge in [0.2, 0.25) is 0 Å². The minimum absolute atomic E-state index is 0.0965. The molecule has 0 spiro atoms. The van der Waals surface area contributed by atoms with E-state index in [4.69, 9.17) is 4.74 Å². The Morgan fingerprint density at radius 1 is 0.939 bits per heavy atom. The molecular weight excluding hydrogens is 408 g/mol. The smallest absolute Gasteiger partial charge is 0.143 e. The van der Waals surface area contributed by atoms with Gasteiger partial charge in [-0.05, 0) is 61.9 Å². The number of hydrogen-bond donors (Lipinski definition) is 2. The van der Waals surface area contributed by atoms with Crippen molar-refractivity contribution in [3.8, 4) is 5.75 Å². The van der Waals surface area contributed by atoms with Crippen LogP contribution in [0.15, 0.2) is 72.8 Å². The minimum atomic E-state index is -0.403. The van der Waals surface area contributed by atoms with Gasteiger partial charge in [-0.25, -0.2) is 0 Å². The second-order valence-electron chi connectivity index (χ2n) is 10.1. The number of hydrogen-bond acceptors (Lipinski definition) is 4. The predicted molar refractivity (Wildman–Crippen MR) is 136 cm³/mol. The summed E-state index contributed by atoms with van der Waals surface area (Å²) in [5.41, 5.74) is 5.87. The quantitative estimate of drug-likeness (QED) is 0.495. The van der Waals surface area contributed by atoms with Crippen molar-refractivity contribution in [1.82, 2.24) is 5.32 Å². The maximum Gasteiger partial charge on any atom is 0.143 e. The molecule has 4 heteroatoms. The van der Waals surface area contributed by atoms with Gasteiger partial charge < -0.3 is 20.1 Å². The van der Waals surface area contributed by atoms with Crippen LogP contribution >= 0.6 is 0 Å². The van der Waals surface area contributed by atoms with Crippen LogP contribution in [-0.4, -0.2) is 23.8 Å². The lowest BCUT2D eigenvalue weighted by Crippen LogP contribution is -2.45. The third-order valence-electron chi connectivity index (χ3n) is 6.16. The summed E-state index contributed by atoms with van der Waals surface area (Å²) in [5, 5.41) is 14.5. The van der Waals surface area contributed by atoms with E-state index >= 15 is 0 Å². The molecule has 0 fully saturated rings. The summed E-state index contributed by atoms with van der Waals surface area (Å²) < 4.78 is 6.39. The van der Waals surface area contributed by atoms with Crippen molar-refractivity contribution < 1.29 is 9.84 Å². The second kappa shape index (κ2) is 9.98. The molecule has 2 N–H and O–H groups in total. The van der Waals surface area contributed by atoms with E-state index < -0.39 is 6.10 Å². The van der Waals surface area contributed by atoms with E-state index in [-0.39, 0.29) is 11.6 Å². The van der Waals surface area contributed by atoms with Crippen molar-refractivity contribution in [2.45, 2.75) is 64.4 Å². The number of fused-ring (bicyclic) bond motifs is 1. The Labute approximate surface area is 198 Å². The fourth-order valence-corrected chi connectivity index (χ4v) is 4.70. The van der Waals surface area contributed by atoms with Crippen LogP contribution in [0.2, 0.25) is 0 Å². The molecule has 1 aliphatic rings. The topological polar surface area (TPSA) is 44.7 Å². The normalized spacial score (nSPS) is 18.0. The molecule has 0 saturated carbocycles. The van der Waals surface area contributed by atoms with Crippen LogP contribution in [0.5, 0.6) is 5.75 Å². The first-order valence-electron chi connectivity index (χ1n) is 11.8. The minimum Gasteiger partial charge on any atom is -0.487 e. The zero-order chi connectivity index (χ0) is 23.4. The molecule has 0 saturated heterocycles. The van der Waals surface area contributed by atoms with E-state index in [9.17, 15) is 5.11 Å². The molecule has 4 nitrogen and oxygen atoms in total. The third kappa shape index (κ3) is 5.76. The number of rotatable bonds is 7. The van der Waals surface area contributed by atoms with E-state index in [1.807, 2.05) is 24.3 Å². The molecule has 2 atom stereocenters. The molecule has 0 aliphatic heterocycles. The fraction of sp³-hybridized carbons (Fsp3) is 0.379. The summed E-state index contributed by atoms with van der Waals surface area (Å²) in [6.45, 7) is 7.76. The highest BCUT2D eigenvalue weighted by Gasteiger charge is 2.33. The Morgan fingerprint density at radius 2 is 1.58 bits per heavy atom. The molecule has 1 aliphatic carbocycles. The van der Waals surface area contributed by atoms with Gasteiger partial charge in [-0.15, -0.1) is 0 Å². The van der Waals surface area contributed by atoms with Gasteiger partial charge in [0.1, 0.15) is 12.4 Å². The van der Waals surface area contributed by atoms with Gasteiger partial charge in [-0.2, -0.15) is 0 Å². The Kier molecular flexibility index (Phi) is 7.06. The van der Waals surface area contributed by atoms with Crippen LogP contribution in [0.3, 0.4) is 0 Å². The molecule has 0 radical (unpaired) electrons. The standard InChI is InChI=1S/C29H36N2O2/c1-29(2,3)30-27-23-16-18-26(33-20-22-13-9-6-10-14-22)28(24(23)15-17-25(27)32)31(4)19-21-11-7-5-8-12-21/h5-14,16,18,25,27,30,32H,15,17,19-20H2,1-4H3. The highest BCUT2D eigenvalue weighted by molar-refractivity contribution is 5.67. The largest absolute Gasteiger partial charge is 0.487 e. The van der Waals surface area contributed by atoms with Gasteiger partial charge in [0.05, 0.1) is 17.8 Å². The van der Waals surface area contributed by atoms with Gasteiger partial charge in [-0.3, -0.25) is 0 Å². The van der Waals surface area contributed by atoms with Gasteiger partial charge in [-0.1, -0.05) is 66.7 Å². The monoisotopic (exact) mass is 444 g/mol. The molecule has 4 rings (SSSR count). The van der Waals surface area contributed by atoms with Crippen molar-refractivity contribution in [3.05, 3.63) is 95.1 Å². The highest BCUT2D eigenvalue weighted by Crippen LogP contribution is 2.42. The van der Waals surface area contributed by atoms with Crippen LogP contribution in [0.25, 0.3) is 0 Å². The molecular formula is C29H36N2O2. The first-order valence-corrected chi connectivity index (χ1v) is 11.8. The summed E-state index contributed by atoms with van der Waals surface area (Å²) in [4.78, 5) is 2.29. The highest BCUT2D eigenvalue weighted by atomic mass is 16.5. The van der Waals surface area contributed by atoms with Crippen LogP contribution in [-0.2, 0) is 19.6 Å². The van der Waals surface area contributed by atoms with Gasteiger partial charge in [0.15, 0.2) is 0 Å². The summed E-state index contributed by atoms with van der Waals surface area (Å²) in [6, 6.07) is 24.9. The zero-order valence-electron chi connectivity index (χ0n) is 20.2. The first kappa shape index (κ1) is 23.3. The number of aliphatic hydroxyl groups excluding tert-OH is 1. The van der Waals surface area contributed by atoms with Crippen molar-refractivity contribution in [1.29, 1.82) is 0 Å². The predicted octanol–water partition coefficient (Wildman–Crippen LogP) is 5.64. The van der Waals surface area contributed by atoms with E-state index in [2.05, 4.69) is 86.6 Å². The summed E-state index contributed by atoms with van der Waals surface area (Å²) in [5.74, 6) is 0.891. The van der Waals surface area contributed by atoms with E-state index in [0.717, 1.165) is 36.4 Å². The average Bonchev–Trinajstić information content (AvgIpc) is 2.79. The molecule has 0 heterocycles. The summed E-state index contributed by atoms with van der Waals surface area (Å²) in [7, 11) is 2.13. The maximum atomic E-state index is 10.9. The Hall–Kier alpha value is -2.82. The Balaban J connectivity index is 1.72. The van der Waals surface area contributed by atoms with Gasteiger partial charge in [0, 0.05) is 19.1 Å². The zero-order valence-corrected chi connectivity index (χ0v) is 20.2. The maximum absolute atomic E-state index is 10.9. The van der Waals surface area contributed by atoms with Crippen molar-refractivity contribution >= 4 is 5.69 Å². The van der Waals surface area contributed by atoms with Gasteiger partial charge in [0.25, 0.3) is 0 Å². The van der Waals surface area contributed by atoms with Crippen molar-refractivity contribution in [3.63, 3.8) is 0 Å². The number of ether oxygens (including phenoxy) is 1. The number of aliphatic hydroxyl groups is 1. The number of benzene rings is 3. The molecule has 33 heavy (non-hydrogen) atoms. The van der Waals surface area contributed by atoms with Crippen LogP contribution < -0.4 is 15.0 Å². The lowest BCUT2D eigenvalue weighted by molar-refractivity contribution is 0.0967. The summed E-state index contributed by atoms with van der Waals surface area (Å²) >= 11 is 0. The SMILES string of the molecule is CN(Cc1ccccc1)c1c(OCc2ccccc2)ccc2c1CCC(O)C2NC(C)(C)C. The Bertz CT molecular complexity index is 1040. The number of nitrogens with zero attached hydrogens (tertiary/aromatic N) is 1. The third-order valence-corrected chi connectivity index (χ3v) is 6.16. The molecule has 3 aromatic rings. The molecule has 2 unspecified atom stereocenters. The molecule has 174 valence electrons. The lowest BCUT2D eigenvalue weighted by Gasteiger charge is -2.38. The Morgan fingerprint density at radius 3 is 2.21 bits per heavy atom. The molecule has 0 amide bonds. The van der Waals surface area contributed by atoms with E-state index in [1.165, 1.54) is 16.7 Å². The molecule has 0 aromatic heterocycles. The van der Waals surface area contributed by atoms with E-state index in [0.29, 0.717) is 6.61 Å². The van der Waals surface area contributed by atoms with Crippen LogP contribution in [0.4, 0.5) is 5.69 Å². The lowest BCUT2D eigenvalue weighted by atomic mass is 9.83. The number of nitrogens with one attached hydrogen (secondary N) is 1. The van der Waals surface area contributed by atoms with Crippen LogP contribution in [0.1, 0.15) is 55.5 Å². The van der Waals surface area contributed by atoms with Crippen molar-refractivity contribution in [2.75, 3.05) is 11.9 Å². The van der Waals surface area contributed by atoms with Crippen molar-refractivity contribution in [2.24, 2.45) is 0 Å². The molecule has 0 bridgehead atoms. The summed E-state index contributed by atoms with van der Waals surface area (Å²) in [6.07, 6.45) is 1.16. The first-order chi connectivity index (χ1) is 15.8. The molecule has 3 aromatic carbocycles.